The molecule has 0 bridgehead atoms. The zero-order chi connectivity index (χ0) is 29.0. The maximum Gasteiger partial charge on any atom is 0.187 e. The van der Waals surface area contributed by atoms with E-state index in [2.05, 4.69) is 0 Å². The predicted molar refractivity (Wildman–Crippen MR) is 129 cm³/mol. The second-order valence-corrected chi connectivity index (χ2v) is 9.97. The highest BCUT2D eigenvalue weighted by Crippen LogP contribution is 2.33. The van der Waals surface area contributed by atoms with Gasteiger partial charge in [-0.05, 0) is 12.0 Å². The quantitative estimate of drug-likeness (QED) is 0.127. The number of aliphatic hydroxyl groups excluding tert-OH is 9. The number of rotatable bonds is 10. The Morgan fingerprint density at radius 1 is 0.650 bits per heavy atom. The Balaban J connectivity index is 1.58. The van der Waals surface area contributed by atoms with Crippen LogP contribution in [0.2, 0.25) is 0 Å². The molecular weight excluding hydrogens is 540 g/mol. The van der Waals surface area contributed by atoms with Crippen molar-refractivity contribution in [1.82, 2.24) is 0 Å². The number of hydrogen-bond acceptors (Lipinski definition) is 15. The highest BCUT2D eigenvalue weighted by atomic mass is 16.8. The standard InChI is InChI=1S/C25H38O15/c26-8-13-16(30)18(32)20(34)24(37-13)39-21-17(31)14(9-27)38-25(35-7-6-11-4-2-1-3-5-11)22(21)40-23-19(33)15(29)12(28)10-36-23/h1-5,12-34H,6-10H2/t12-,13-,14-,15+,16-,17-,18+,19-,20-,21+,22-,23+,24+,25-/m1/s1. The summed E-state index contributed by atoms with van der Waals surface area (Å²) in [5.74, 6) is 0. The monoisotopic (exact) mass is 578 g/mol. The summed E-state index contributed by atoms with van der Waals surface area (Å²) in [7, 11) is 0. The van der Waals surface area contributed by atoms with Crippen LogP contribution in [0.5, 0.6) is 0 Å². The summed E-state index contributed by atoms with van der Waals surface area (Å²) in [6.07, 6.45) is -21.4. The van der Waals surface area contributed by atoms with Crippen LogP contribution in [0.15, 0.2) is 30.3 Å². The first-order valence-corrected chi connectivity index (χ1v) is 13.0. The van der Waals surface area contributed by atoms with Gasteiger partial charge in [-0.3, -0.25) is 0 Å². The van der Waals surface area contributed by atoms with Crippen LogP contribution >= 0.6 is 0 Å². The second kappa shape index (κ2) is 14.2. The molecule has 0 unspecified atom stereocenters. The molecule has 0 aliphatic carbocycles. The van der Waals surface area contributed by atoms with Crippen molar-refractivity contribution in [3.05, 3.63) is 35.9 Å². The number of aliphatic hydroxyl groups is 9. The van der Waals surface area contributed by atoms with Gasteiger partial charge >= 0.3 is 0 Å². The zero-order valence-corrected chi connectivity index (χ0v) is 21.5. The number of ether oxygens (including phenoxy) is 6. The molecular formula is C25H38O15. The Kier molecular flexibility index (Phi) is 11.2. The molecule has 0 saturated carbocycles. The van der Waals surface area contributed by atoms with E-state index in [4.69, 9.17) is 28.4 Å². The normalized spacial score (nSPS) is 44.4. The maximum absolute atomic E-state index is 11.0. The van der Waals surface area contributed by atoms with E-state index in [9.17, 15) is 46.0 Å². The third kappa shape index (κ3) is 6.97. The van der Waals surface area contributed by atoms with Crippen LogP contribution in [-0.4, -0.2) is 158 Å². The van der Waals surface area contributed by atoms with Crippen LogP contribution in [0.1, 0.15) is 5.56 Å². The average Bonchev–Trinajstić information content (AvgIpc) is 2.96. The van der Waals surface area contributed by atoms with Crippen LogP contribution in [0.25, 0.3) is 0 Å². The Labute approximate surface area is 229 Å². The van der Waals surface area contributed by atoms with Crippen molar-refractivity contribution in [1.29, 1.82) is 0 Å². The third-order valence-corrected chi connectivity index (χ3v) is 7.20. The molecule has 14 atom stereocenters. The van der Waals surface area contributed by atoms with E-state index < -0.39 is 106 Å². The van der Waals surface area contributed by atoms with E-state index in [1.54, 1.807) is 0 Å². The van der Waals surface area contributed by atoms with Gasteiger partial charge in [0, 0.05) is 0 Å². The minimum absolute atomic E-state index is 0.0744. The number of benzene rings is 1. The molecule has 3 fully saturated rings. The van der Waals surface area contributed by atoms with E-state index in [1.165, 1.54) is 0 Å². The van der Waals surface area contributed by atoms with E-state index in [1.807, 2.05) is 30.3 Å². The zero-order valence-electron chi connectivity index (χ0n) is 21.5. The minimum Gasteiger partial charge on any atom is -0.394 e. The van der Waals surface area contributed by atoms with E-state index in [-0.39, 0.29) is 6.61 Å². The summed E-state index contributed by atoms with van der Waals surface area (Å²) in [5, 5.41) is 91.6. The first-order valence-electron chi connectivity index (χ1n) is 13.0. The SMILES string of the molecule is OC[C@H]1O[C@@H](O[C@H]2[C@H](O)[C@@H](CO)O[C@@H](OCCc3ccccc3)[C@@H]2O[C@@H]2OC[C@@H](O)[C@H](O)[C@H]2O)[C@H](O)[C@@H](O)[C@@H]1O. The summed E-state index contributed by atoms with van der Waals surface area (Å²) in [4.78, 5) is 0. The smallest absolute Gasteiger partial charge is 0.187 e. The van der Waals surface area contributed by atoms with Crippen molar-refractivity contribution in [3.8, 4) is 0 Å². The summed E-state index contributed by atoms with van der Waals surface area (Å²) in [6, 6.07) is 9.31. The molecule has 0 amide bonds. The molecule has 0 radical (unpaired) electrons. The van der Waals surface area contributed by atoms with Crippen LogP contribution in [-0.2, 0) is 34.8 Å². The average molecular weight is 579 g/mol. The van der Waals surface area contributed by atoms with Gasteiger partial charge in [-0.15, -0.1) is 0 Å². The van der Waals surface area contributed by atoms with Gasteiger partial charge in [0.25, 0.3) is 0 Å². The maximum atomic E-state index is 11.0. The molecule has 9 N–H and O–H groups in total. The molecule has 3 saturated heterocycles. The van der Waals surface area contributed by atoms with Crippen LogP contribution in [0.4, 0.5) is 0 Å². The van der Waals surface area contributed by atoms with Crippen LogP contribution < -0.4 is 0 Å². The first-order chi connectivity index (χ1) is 19.2. The van der Waals surface area contributed by atoms with Gasteiger partial charge in [0.1, 0.15) is 67.1 Å². The fraction of sp³-hybridized carbons (Fsp3) is 0.760. The molecule has 1 aromatic carbocycles. The lowest BCUT2D eigenvalue weighted by Gasteiger charge is -2.48. The summed E-state index contributed by atoms with van der Waals surface area (Å²) in [6.45, 7) is -1.73. The van der Waals surface area contributed by atoms with Gasteiger partial charge < -0.3 is 74.4 Å². The highest BCUT2D eigenvalue weighted by Gasteiger charge is 2.53. The van der Waals surface area contributed by atoms with E-state index in [0.717, 1.165) is 5.56 Å². The van der Waals surface area contributed by atoms with Crippen molar-refractivity contribution in [2.75, 3.05) is 26.4 Å². The molecule has 1 aromatic rings. The minimum atomic E-state index is -1.83. The van der Waals surface area contributed by atoms with Gasteiger partial charge in [-0.1, -0.05) is 30.3 Å². The molecule has 228 valence electrons. The summed E-state index contributed by atoms with van der Waals surface area (Å²) in [5.41, 5.74) is 0.937. The summed E-state index contributed by atoms with van der Waals surface area (Å²) >= 11 is 0. The van der Waals surface area contributed by atoms with Gasteiger partial charge in [0.05, 0.1) is 26.4 Å². The van der Waals surface area contributed by atoms with E-state index >= 15 is 0 Å². The fourth-order valence-corrected chi connectivity index (χ4v) is 4.80. The molecule has 3 heterocycles. The lowest BCUT2D eigenvalue weighted by atomic mass is 9.96. The van der Waals surface area contributed by atoms with E-state index in [0.29, 0.717) is 6.42 Å². The number of hydrogen-bond donors (Lipinski definition) is 9. The first kappa shape index (κ1) is 31.6. The van der Waals surface area contributed by atoms with Crippen molar-refractivity contribution in [3.63, 3.8) is 0 Å². The lowest BCUT2D eigenvalue weighted by molar-refractivity contribution is -0.386. The van der Waals surface area contributed by atoms with Gasteiger partial charge in [-0.2, -0.15) is 0 Å². The Hall–Kier alpha value is -1.38. The molecule has 15 heteroatoms. The highest BCUT2D eigenvalue weighted by molar-refractivity contribution is 5.14. The Bertz CT molecular complexity index is 892. The van der Waals surface area contributed by atoms with Gasteiger partial charge in [0.15, 0.2) is 18.9 Å². The third-order valence-electron chi connectivity index (χ3n) is 7.20. The van der Waals surface area contributed by atoms with Gasteiger partial charge in [0.2, 0.25) is 0 Å². The summed E-state index contributed by atoms with van der Waals surface area (Å²) < 4.78 is 34.1. The van der Waals surface area contributed by atoms with Crippen molar-refractivity contribution < 1.29 is 74.4 Å². The largest absolute Gasteiger partial charge is 0.394 e. The Morgan fingerprint density at radius 2 is 1.25 bits per heavy atom. The molecule has 3 aliphatic heterocycles. The molecule has 0 aromatic heterocycles. The van der Waals surface area contributed by atoms with Crippen molar-refractivity contribution in [2.24, 2.45) is 0 Å². The predicted octanol–water partition coefficient (Wildman–Crippen LogP) is -4.67. The molecule has 0 spiro atoms. The topological polar surface area (TPSA) is 237 Å². The van der Waals surface area contributed by atoms with Crippen LogP contribution in [0, 0.1) is 0 Å². The molecule has 4 rings (SSSR count). The van der Waals surface area contributed by atoms with Crippen molar-refractivity contribution >= 4 is 0 Å². The lowest BCUT2D eigenvalue weighted by Crippen LogP contribution is -2.66. The molecule has 15 nitrogen and oxygen atoms in total. The van der Waals surface area contributed by atoms with Crippen LogP contribution in [0.3, 0.4) is 0 Å². The molecule has 3 aliphatic rings. The van der Waals surface area contributed by atoms with Gasteiger partial charge in [-0.25, -0.2) is 0 Å². The molecule has 40 heavy (non-hydrogen) atoms. The fourth-order valence-electron chi connectivity index (χ4n) is 4.80. The van der Waals surface area contributed by atoms with Crippen molar-refractivity contribution in [2.45, 2.75) is 92.4 Å². The Morgan fingerprint density at radius 3 is 1.93 bits per heavy atom. The second-order valence-electron chi connectivity index (χ2n) is 9.97.